The molecule has 1 aromatic carbocycles. The summed E-state index contributed by atoms with van der Waals surface area (Å²) in [7, 11) is 1.53. The fourth-order valence-electron chi connectivity index (χ4n) is 3.60. The molecule has 2 aromatic heterocycles. The molecule has 5 nitrogen and oxygen atoms in total. The van der Waals surface area contributed by atoms with Gasteiger partial charge in [0.2, 0.25) is 5.88 Å². The lowest BCUT2D eigenvalue weighted by atomic mass is 9.70. The van der Waals surface area contributed by atoms with Gasteiger partial charge in [-0.2, -0.15) is 0 Å². The van der Waals surface area contributed by atoms with Crippen molar-refractivity contribution in [1.29, 1.82) is 0 Å². The van der Waals surface area contributed by atoms with Crippen molar-refractivity contribution in [3.8, 4) is 17.0 Å². The molecule has 0 spiro atoms. The Kier molecular flexibility index (Phi) is 5.70. The van der Waals surface area contributed by atoms with Crippen LogP contribution in [0.15, 0.2) is 55.1 Å². The lowest BCUT2D eigenvalue weighted by Gasteiger charge is -2.40. The highest BCUT2D eigenvalue weighted by molar-refractivity contribution is 5.63. The average molecular weight is 406 g/mol. The maximum atomic E-state index is 11.9. The maximum Gasteiger partial charge on any atom is 0.222 e. The Morgan fingerprint density at radius 3 is 1.93 bits per heavy atom. The highest BCUT2D eigenvalue weighted by Crippen LogP contribution is 2.46. The van der Waals surface area contributed by atoms with Crippen molar-refractivity contribution < 1.29 is 9.84 Å². The number of benzene rings is 1. The monoisotopic (exact) mass is 405 g/mol. The number of nitrogens with zero attached hydrogens (tertiary/aromatic N) is 3. The zero-order valence-electron chi connectivity index (χ0n) is 18.9. The largest absolute Gasteiger partial charge is 0.481 e. The summed E-state index contributed by atoms with van der Waals surface area (Å²) in [4.78, 5) is 12.9. The van der Waals surface area contributed by atoms with Crippen molar-refractivity contribution in [3.05, 3.63) is 71.9 Å². The number of hydrogen-bond donors (Lipinski definition) is 1. The first-order valence-corrected chi connectivity index (χ1v) is 10.1. The van der Waals surface area contributed by atoms with Crippen LogP contribution >= 0.6 is 0 Å². The summed E-state index contributed by atoms with van der Waals surface area (Å²) >= 11 is 0. The lowest BCUT2D eigenvalue weighted by Crippen LogP contribution is -2.42. The van der Waals surface area contributed by atoms with E-state index >= 15 is 0 Å². The molecule has 3 rings (SSSR count). The minimum Gasteiger partial charge on any atom is -0.481 e. The number of pyridine rings is 1. The molecule has 0 radical (unpaired) electrons. The van der Waals surface area contributed by atoms with Gasteiger partial charge in [-0.25, -0.2) is 9.97 Å². The zero-order chi connectivity index (χ0) is 22.2. The average Bonchev–Trinajstić information content (AvgIpc) is 2.72. The molecule has 0 aliphatic rings. The third-order valence-corrected chi connectivity index (χ3v) is 5.56. The van der Waals surface area contributed by atoms with Gasteiger partial charge in [0.1, 0.15) is 11.9 Å². The third kappa shape index (κ3) is 3.94. The van der Waals surface area contributed by atoms with E-state index < -0.39 is 11.0 Å². The molecule has 1 atom stereocenters. The Morgan fingerprint density at radius 2 is 1.43 bits per heavy atom. The first-order chi connectivity index (χ1) is 14.0. The van der Waals surface area contributed by atoms with Crippen molar-refractivity contribution >= 4 is 0 Å². The second-order valence-electron chi connectivity index (χ2n) is 9.67. The molecule has 0 saturated heterocycles. The van der Waals surface area contributed by atoms with Crippen molar-refractivity contribution in [3.63, 3.8) is 0 Å². The minimum absolute atomic E-state index is 0.112. The maximum absolute atomic E-state index is 11.9. The lowest BCUT2D eigenvalue weighted by molar-refractivity contribution is -0.0319. The smallest absolute Gasteiger partial charge is 0.222 e. The van der Waals surface area contributed by atoms with Crippen LogP contribution in [0.3, 0.4) is 0 Å². The van der Waals surface area contributed by atoms with Gasteiger partial charge in [-0.15, -0.1) is 0 Å². The SMILES string of the molecule is COc1ncncc1C(O)(c1ccc(-c2ccc(C(C)(C)C)cc2)cn1)C(C)(C)C. The van der Waals surface area contributed by atoms with Gasteiger partial charge in [0, 0.05) is 23.4 Å². The highest BCUT2D eigenvalue weighted by atomic mass is 16.5. The molecular formula is C25H31N3O2. The molecule has 3 aromatic rings. The van der Waals surface area contributed by atoms with Crippen LogP contribution < -0.4 is 4.74 Å². The Balaban J connectivity index is 2.04. The molecule has 30 heavy (non-hydrogen) atoms. The normalized spacial score (nSPS) is 14.3. The summed E-state index contributed by atoms with van der Waals surface area (Å²) in [6, 6.07) is 12.4. The Hall–Kier alpha value is -2.79. The molecule has 158 valence electrons. The fourth-order valence-corrected chi connectivity index (χ4v) is 3.60. The molecular weight excluding hydrogens is 374 g/mol. The Morgan fingerprint density at radius 1 is 0.800 bits per heavy atom. The Bertz CT molecular complexity index is 1000. The van der Waals surface area contributed by atoms with E-state index in [9.17, 15) is 5.11 Å². The molecule has 1 N–H and O–H groups in total. The molecule has 0 aliphatic heterocycles. The number of hydrogen-bond acceptors (Lipinski definition) is 5. The number of aromatic nitrogens is 3. The summed E-state index contributed by atoms with van der Waals surface area (Å²) in [6.07, 6.45) is 4.80. The number of ether oxygens (including phenoxy) is 1. The number of aliphatic hydroxyl groups is 1. The van der Waals surface area contributed by atoms with Crippen LogP contribution in [-0.4, -0.2) is 27.2 Å². The van der Waals surface area contributed by atoms with Crippen molar-refractivity contribution in [2.45, 2.75) is 52.6 Å². The van der Waals surface area contributed by atoms with E-state index in [-0.39, 0.29) is 5.41 Å². The molecule has 0 fully saturated rings. The van der Waals surface area contributed by atoms with Crippen LogP contribution in [0.5, 0.6) is 5.88 Å². The van der Waals surface area contributed by atoms with Crippen LogP contribution in [0, 0.1) is 5.41 Å². The molecule has 0 amide bonds. The van der Waals surface area contributed by atoms with Crippen LogP contribution in [0.2, 0.25) is 0 Å². The van der Waals surface area contributed by atoms with E-state index in [0.29, 0.717) is 17.1 Å². The van der Waals surface area contributed by atoms with Gasteiger partial charge in [-0.05, 0) is 22.6 Å². The Labute approximate surface area is 179 Å². The van der Waals surface area contributed by atoms with Gasteiger partial charge in [0.25, 0.3) is 0 Å². The molecule has 5 heteroatoms. The topological polar surface area (TPSA) is 68.1 Å². The minimum atomic E-state index is -1.42. The molecule has 1 unspecified atom stereocenters. The van der Waals surface area contributed by atoms with Gasteiger partial charge >= 0.3 is 0 Å². The van der Waals surface area contributed by atoms with Crippen LogP contribution in [-0.2, 0) is 11.0 Å². The van der Waals surface area contributed by atoms with E-state index in [1.54, 1.807) is 12.4 Å². The van der Waals surface area contributed by atoms with E-state index in [2.05, 4.69) is 60.0 Å². The summed E-state index contributed by atoms with van der Waals surface area (Å²) in [5.74, 6) is 0.339. The summed E-state index contributed by atoms with van der Waals surface area (Å²) in [5.41, 5.74) is 2.50. The van der Waals surface area contributed by atoms with E-state index in [1.165, 1.54) is 19.0 Å². The van der Waals surface area contributed by atoms with Gasteiger partial charge in [0.15, 0.2) is 0 Å². The van der Waals surface area contributed by atoms with Crippen molar-refractivity contribution in [2.24, 2.45) is 5.41 Å². The zero-order valence-corrected chi connectivity index (χ0v) is 18.9. The van der Waals surface area contributed by atoms with E-state index in [1.807, 2.05) is 32.9 Å². The quantitative estimate of drug-likeness (QED) is 0.652. The first-order valence-electron chi connectivity index (χ1n) is 10.1. The second-order valence-corrected chi connectivity index (χ2v) is 9.67. The van der Waals surface area contributed by atoms with E-state index in [4.69, 9.17) is 4.74 Å². The summed E-state index contributed by atoms with van der Waals surface area (Å²) < 4.78 is 5.40. The first kappa shape index (κ1) is 21.9. The van der Waals surface area contributed by atoms with Crippen molar-refractivity contribution in [1.82, 2.24) is 15.0 Å². The molecule has 0 aliphatic carbocycles. The van der Waals surface area contributed by atoms with Crippen molar-refractivity contribution in [2.75, 3.05) is 7.11 Å². The highest BCUT2D eigenvalue weighted by Gasteiger charge is 2.47. The van der Waals surface area contributed by atoms with Gasteiger partial charge in [-0.3, -0.25) is 4.98 Å². The molecule has 0 saturated carbocycles. The summed E-state index contributed by atoms with van der Waals surface area (Å²) in [5, 5.41) is 11.9. The van der Waals surface area contributed by atoms with Gasteiger partial charge in [-0.1, -0.05) is 71.9 Å². The predicted molar refractivity (Wildman–Crippen MR) is 119 cm³/mol. The predicted octanol–water partition coefficient (Wildman–Crippen LogP) is 5.13. The van der Waals surface area contributed by atoms with Gasteiger partial charge in [0.05, 0.1) is 18.4 Å². The van der Waals surface area contributed by atoms with Gasteiger partial charge < -0.3 is 9.84 Å². The molecule has 0 bridgehead atoms. The van der Waals surface area contributed by atoms with Crippen LogP contribution in [0.4, 0.5) is 0 Å². The summed E-state index contributed by atoms with van der Waals surface area (Å²) in [6.45, 7) is 12.5. The second kappa shape index (κ2) is 7.80. The van der Waals surface area contributed by atoms with Crippen LogP contribution in [0.25, 0.3) is 11.1 Å². The third-order valence-electron chi connectivity index (χ3n) is 5.56. The van der Waals surface area contributed by atoms with Crippen LogP contribution in [0.1, 0.15) is 58.4 Å². The van der Waals surface area contributed by atoms with E-state index in [0.717, 1.165) is 11.1 Å². The fraction of sp³-hybridized carbons (Fsp3) is 0.400. The molecule has 2 heterocycles. The standard InChI is InChI=1S/C25H31N3O2/c1-23(2,3)19-11-8-17(9-12-19)18-10-13-21(27-14-18)25(29,24(4,5)6)20-15-26-16-28-22(20)30-7/h8-16,29H,1-7H3. The number of methoxy groups -OCH3 is 1. The number of rotatable bonds is 4.